The highest BCUT2D eigenvalue weighted by Gasteiger charge is 1.98. The van der Waals surface area contributed by atoms with Crippen molar-refractivity contribution in [2.75, 3.05) is 0 Å². The second-order valence-electron chi connectivity index (χ2n) is 3.02. The number of aromatic amines is 1. The van der Waals surface area contributed by atoms with E-state index < -0.39 is 0 Å². The molecule has 0 saturated heterocycles. The fraction of sp³-hybridized carbons (Fsp3) is 0.375. The van der Waals surface area contributed by atoms with E-state index in [0.717, 1.165) is 18.1 Å². The van der Waals surface area contributed by atoms with Crippen molar-refractivity contribution in [3.8, 4) is 0 Å². The molecule has 0 aliphatic carbocycles. The summed E-state index contributed by atoms with van der Waals surface area (Å²) in [6.07, 6.45) is 3.42. The molecule has 0 saturated carbocycles. The number of aryl methyl sites for hydroxylation is 1. The van der Waals surface area contributed by atoms with Gasteiger partial charge in [0, 0.05) is 25.5 Å². The van der Waals surface area contributed by atoms with E-state index in [1.165, 1.54) is 0 Å². The van der Waals surface area contributed by atoms with Crippen LogP contribution in [-0.4, -0.2) is 25.0 Å². The predicted octanol–water partition coefficient (Wildman–Crippen LogP) is -0.172. The Bertz CT molecular complexity index is 376. The van der Waals surface area contributed by atoms with Crippen LogP contribution in [0, 0.1) is 0 Å². The first-order valence-corrected chi connectivity index (χ1v) is 4.38. The Morgan fingerprint density at radius 3 is 3.07 bits per heavy atom. The molecule has 0 aliphatic rings. The van der Waals surface area contributed by atoms with Crippen molar-refractivity contribution in [3.05, 3.63) is 30.1 Å². The standard InChI is InChI=1S/C8H12N6/c1-14-6-10-8(13-14)5-9-4-7-2-3-11-12-7/h2-3,6,9H,4-5H2,1H3,(H,11,12). The quantitative estimate of drug-likeness (QED) is 0.705. The van der Waals surface area contributed by atoms with E-state index in [1.54, 1.807) is 17.2 Å². The summed E-state index contributed by atoms with van der Waals surface area (Å²) in [7, 11) is 1.85. The lowest BCUT2D eigenvalue weighted by molar-refractivity contribution is 0.639. The van der Waals surface area contributed by atoms with Crippen LogP contribution in [0.5, 0.6) is 0 Å². The number of rotatable bonds is 4. The number of nitrogens with zero attached hydrogens (tertiary/aromatic N) is 4. The van der Waals surface area contributed by atoms with Crippen molar-refractivity contribution in [2.45, 2.75) is 13.1 Å². The third-order valence-corrected chi connectivity index (χ3v) is 1.80. The summed E-state index contributed by atoms with van der Waals surface area (Å²) in [4.78, 5) is 4.10. The van der Waals surface area contributed by atoms with Gasteiger partial charge in [-0.3, -0.25) is 9.78 Å². The summed E-state index contributed by atoms with van der Waals surface area (Å²) in [5.74, 6) is 0.798. The van der Waals surface area contributed by atoms with Gasteiger partial charge in [-0.15, -0.1) is 0 Å². The number of hydrogen-bond acceptors (Lipinski definition) is 4. The van der Waals surface area contributed by atoms with Crippen LogP contribution in [0.25, 0.3) is 0 Å². The molecule has 0 radical (unpaired) electrons. The highest BCUT2D eigenvalue weighted by atomic mass is 15.3. The van der Waals surface area contributed by atoms with E-state index in [1.807, 2.05) is 13.1 Å². The molecule has 0 amide bonds. The Morgan fingerprint density at radius 2 is 2.43 bits per heavy atom. The molecule has 6 heteroatoms. The summed E-state index contributed by atoms with van der Waals surface area (Å²) >= 11 is 0. The first-order chi connectivity index (χ1) is 6.84. The molecule has 0 spiro atoms. The van der Waals surface area contributed by atoms with Gasteiger partial charge in [0.25, 0.3) is 0 Å². The Kier molecular flexibility index (Phi) is 2.55. The van der Waals surface area contributed by atoms with Crippen molar-refractivity contribution in [1.82, 2.24) is 30.3 Å². The molecule has 0 aliphatic heterocycles. The number of H-pyrrole nitrogens is 1. The monoisotopic (exact) mass is 192 g/mol. The third kappa shape index (κ3) is 2.17. The van der Waals surface area contributed by atoms with E-state index >= 15 is 0 Å². The maximum Gasteiger partial charge on any atom is 0.164 e. The van der Waals surface area contributed by atoms with Crippen LogP contribution in [0.4, 0.5) is 0 Å². The molecule has 0 aromatic carbocycles. The highest BCUT2D eigenvalue weighted by Crippen LogP contribution is 1.92. The van der Waals surface area contributed by atoms with Crippen LogP contribution < -0.4 is 5.32 Å². The molecule has 2 heterocycles. The summed E-state index contributed by atoms with van der Waals surface area (Å²) in [6, 6.07) is 1.93. The van der Waals surface area contributed by atoms with Gasteiger partial charge in [-0.05, 0) is 6.07 Å². The van der Waals surface area contributed by atoms with Gasteiger partial charge < -0.3 is 5.32 Å². The minimum absolute atomic E-state index is 0.667. The first-order valence-electron chi connectivity index (χ1n) is 4.38. The van der Waals surface area contributed by atoms with Crippen LogP contribution in [0.15, 0.2) is 18.6 Å². The normalized spacial score (nSPS) is 10.6. The van der Waals surface area contributed by atoms with Gasteiger partial charge >= 0.3 is 0 Å². The van der Waals surface area contributed by atoms with Crippen molar-refractivity contribution in [1.29, 1.82) is 0 Å². The Labute approximate surface area is 81.4 Å². The smallest absolute Gasteiger partial charge is 0.164 e. The number of aromatic nitrogens is 5. The molecule has 0 unspecified atom stereocenters. The van der Waals surface area contributed by atoms with Crippen molar-refractivity contribution in [2.24, 2.45) is 7.05 Å². The lowest BCUT2D eigenvalue weighted by Crippen LogP contribution is -2.14. The fourth-order valence-electron chi connectivity index (χ4n) is 1.16. The average molecular weight is 192 g/mol. The second kappa shape index (κ2) is 4.01. The van der Waals surface area contributed by atoms with Gasteiger partial charge in [-0.25, -0.2) is 4.98 Å². The van der Waals surface area contributed by atoms with E-state index in [4.69, 9.17) is 0 Å². The van der Waals surface area contributed by atoms with Crippen LogP contribution in [0.2, 0.25) is 0 Å². The van der Waals surface area contributed by atoms with Gasteiger partial charge in [0.15, 0.2) is 5.82 Å². The van der Waals surface area contributed by atoms with Crippen LogP contribution >= 0.6 is 0 Å². The van der Waals surface area contributed by atoms with E-state index in [-0.39, 0.29) is 0 Å². The van der Waals surface area contributed by atoms with Gasteiger partial charge in [0.05, 0.1) is 6.54 Å². The molecule has 74 valence electrons. The second-order valence-corrected chi connectivity index (χ2v) is 3.02. The summed E-state index contributed by atoms with van der Waals surface area (Å²) < 4.78 is 1.69. The van der Waals surface area contributed by atoms with Gasteiger partial charge in [0.1, 0.15) is 6.33 Å². The van der Waals surface area contributed by atoms with Gasteiger partial charge in [-0.2, -0.15) is 10.2 Å². The van der Waals surface area contributed by atoms with Crippen LogP contribution in [0.3, 0.4) is 0 Å². The summed E-state index contributed by atoms with van der Waals surface area (Å²) in [5, 5.41) is 14.1. The fourth-order valence-corrected chi connectivity index (χ4v) is 1.16. The van der Waals surface area contributed by atoms with Crippen molar-refractivity contribution in [3.63, 3.8) is 0 Å². The molecule has 0 bridgehead atoms. The summed E-state index contributed by atoms with van der Waals surface area (Å²) in [6.45, 7) is 1.41. The van der Waals surface area contributed by atoms with Crippen LogP contribution in [-0.2, 0) is 20.1 Å². The minimum atomic E-state index is 0.667. The zero-order valence-corrected chi connectivity index (χ0v) is 7.94. The predicted molar refractivity (Wildman–Crippen MR) is 50.1 cm³/mol. The Morgan fingerprint density at radius 1 is 1.50 bits per heavy atom. The zero-order valence-electron chi connectivity index (χ0n) is 7.94. The molecule has 6 nitrogen and oxygen atoms in total. The molecular formula is C8H12N6. The number of hydrogen-bond donors (Lipinski definition) is 2. The van der Waals surface area contributed by atoms with Crippen LogP contribution in [0.1, 0.15) is 11.5 Å². The molecule has 2 aromatic heterocycles. The SMILES string of the molecule is Cn1cnc(CNCc2ccn[nH]2)n1. The Balaban J connectivity index is 1.78. The highest BCUT2D eigenvalue weighted by molar-refractivity contribution is 4.96. The van der Waals surface area contributed by atoms with E-state index in [9.17, 15) is 0 Å². The molecule has 2 aromatic rings. The first kappa shape index (κ1) is 8.89. The molecule has 2 rings (SSSR count). The maximum absolute atomic E-state index is 4.15. The van der Waals surface area contributed by atoms with Gasteiger partial charge in [-0.1, -0.05) is 0 Å². The van der Waals surface area contributed by atoms with Crippen molar-refractivity contribution < 1.29 is 0 Å². The number of nitrogens with one attached hydrogen (secondary N) is 2. The zero-order chi connectivity index (χ0) is 9.80. The average Bonchev–Trinajstić information content (AvgIpc) is 2.77. The van der Waals surface area contributed by atoms with E-state index in [0.29, 0.717) is 6.54 Å². The topological polar surface area (TPSA) is 71.4 Å². The lowest BCUT2D eigenvalue weighted by atomic mass is 10.4. The van der Waals surface area contributed by atoms with Gasteiger partial charge in [0.2, 0.25) is 0 Å². The lowest BCUT2D eigenvalue weighted by Gasteiger charge is -1.98. The molecule has 2 N–H and O–H groups in total. The third-order valence-electron chi connectivity index (χ3n) is 1.80. The molecule has 14 heavy (non-hydrogen) atoms. The largest absolute Gasteiger partial charge is 0.304 e. The van der Waals surface area contributed by atoms with Crippen molar-refractivity contribution >= 4 is 0 Å². The minimum Gasteiger partial charge on any atom is -0.304 e. The molecule has 0 atom stereocenters. The summed E-state index contributed by atoms with van der Waals surface area (Å²) in [5.41, 5.74) is 1.06. The molecular weight excluding hydrogens is 180 g/mol. The Hall–Kier alpha value is -1.69. The molecule has 0 fully saturated rings. The van der Waals surface area contributed by atoms with E-state index in [2.05, 4.69) is 25.6 Å². The maximum atomic E-state index is 4.15.